The number of benzene rings is 1. The fourth-order valence-corrected chi connectivity index (χ4v) is 3.84. The largest absolute Gasteiger partial charge is 0.307 e. The number of pyridine rings is 2. The van der Waals surface area contributed by atoms with Crippen molar-refractivity contribution in [2.24, 2.45) is 5.92 Å². The van der Waals surface area contributed by atoms with E-state index in [0.717, 1.165) is 36.0 Å². The van der Waals surface area contributed by atoms with Crippen molar-refractivity contribution in [1.29, 1.82) is 0 Å². The molecular formula is C20H20ClN3O. The first-order valence-corrected chi connectivity index (χ1v) is 8.92. The first kappa shape index (κ1) is 16.3. The predicted octanol–water partition coefficient (Wildman–Crippen LogP) is 3.67. The van der Waals surface area contributed by atoms with Crippen molar-refractivity contribution in [2.45, 2.75) is 13.0 Å². The minimum absolute atomic E-state index is 0.0375. The molecule has 0 spiro atoms. The first-order chi connectivity index (χ1) is 12.1. The summed E-state index contributed by atoms with van der Waals surface area (Å²) in [5.74, 6) is 0.476. The summed E-state index contributed by atoms with van der Waals surface area (Å²) in [5, 5.41) is 1.35. The molecule has 1 fully saturated rings. The molecular weight excluding hydrogens is 334 g/mol. The molecule has 4 rings (SSSR count). The van der Waals surface area contributed by atoms with Crippen molar-refractivity contribution in [1.82, 2.24) is 14.5 Å². The van der Waals surface area contributed by atoms with Crippen LogP contribution in [-0.4, -0.2) is 34.6 Å². The molecule has 5 heteroatoms. The predicted molar refractivity (Wildman–Crippen MR) is 102 cm³/mol. The molecule has 3 heterocycles. The Labute approximate surface area is 151 Å². The zero-order valence-electron chi connectivity index (χ0n) is 14.2. The van der Waals surface area contributed by atoms with Crippen LogP contribution in [0, 0.1) is 5.92 Å². The van der Waals surface area contributed by atoms with Crippen molar-refractivity contribution in [3.05, 3.63) is 64.2 Å². The average Bonchev–Trinajstić information content (AvgIpc) is 3.03. The lowest BCUT2D eigenvalue weighted by Crippen LogP contribution is -2.27. The van der Waals surface area contributed by atoms with Crippen molar-refractivity contribution in [3.63, 3.8) is 0 Å². The Balaban J connectivity index is 1.89. The smallest absolute Gasteiger partial charge is 0.258 e. The first-order valence-electron chi connectivity index (χ1n) is 8.55. The zero-order valence-corrected chi connectivity index (χ0v) is 14.9. The average molecular weight is 354 g/mol. The molecule has 25 heavy (non-hydrogen) atoms. The number of hydrogen-bond donors (Lipinski definition) is 0. The molecule has 1 aliphatic rings. The van der Waals surface area contributed by atoms with Gasteiger partial charge < -0.3 is 9.47 Å². The van der Waals surface area contributed by atoms with Gasteiger partial charge in [0, 0.05) is 30.2 Å². The molecule has 1 aliphatic heterocycles. The topological polar surface area (TPSA) is 38.1 Å². The summed E-state index contributed by atoms with van der Waals surface area (Å²) in [5.41, 5.74) is 2.54. The van der Waals surface area contributed by atoms with E-state index in [4.69, 9.17) is 11.6 Å². The van der Waals surface area contributed by atoms with Gasteiger partial charge in [-0.25, -0.2) is 4.98 Å². The fraction of sp³-hybridized carbons (Fsp3) is 0.300. The van der Waals surface area contributed by atoms with Crippen LogP contribution in [0.2, 0.25) is 5.15 Å². The van der Waals surface area contributed by atoms with E-state index in [-0.39, 0.29) is 5.56 Å². The van der Waals surface area contributed by atoms with Crippen molar-refractivity contribution < 1.29 is 0 Å². The van der Waals surface area contributed by atoms with Gasteiger partial charge in [-0.15, -0.1) is 0 Å². The maximum Gasteiger partial charge on any atom is 0.258 e. The van der Waals surface area contributed by atoms with Crippen LogP contribution in [0.15, 0.2) is 53.5 Å². The maximum absolute atomic E-state index is 13.2. The van der Waals surface area contributed by atoms with E-state index in [1.807, 2.05) is 41.0 Å². The molecule has 0 amide bonds. The Morgan fingerprint density at radius 1 is 1.24 bits per heavy atom. The highest BCUT2D eigenvalue weighted by atomic mass is 35.5. The van der Waals surface area contributed by atoms with E-state index in [9.17, 15) is 4.79 Å². The number of halogens is 1. The maximum atomic E-state index is 13.2. The van der Waals surface area contributed by atoms with Gasteiger partial charge in [-0.05, 0) is 43.6 Å². The SMILES string of the molecule is CN1CCC(Cn2c(=O)c(-c3ccccc3)cc3cnc(Cl)cc32)C1. The van der Waals surface area contributed by atoms with Gasteiger partial charge in [0.05, 0.1) is 5.52 Å². The molecule has 0 bridgehead atoms. The standard InChI is InChI=1S/C20H20ClN3O/c1-23-8-7-14(12-23)13-24-18-10-19(21)22-11-16(18)9-17(20(24)25)15-5-3-2-4-6-15/h2-6,9-11,14H,7-8,12-13H2,1H3. The van der Waals surface area contributed by atoms with Gasteiger partial charge in [-0.1, -0.05) is 41.9 Å². The number of nitrogens with zero attached hydrogens (tertiary/aromatic N) is 3. The van der Waals surface area contributed by atoms with Crippen LogP contribution < -0.4 is 5.56 Å². The van der Waals surface area contributed by atoms with Gasteiger partial charge in [0.15, 0.2) is 0 Å². The van der Waals surface area contributed by atoms with Gasteiger partial charge >= 0.3 is 0 Å². The second kappa shape index (κ2) is 6.62. The Morgan fingerprint density at radius 3 is 2.76 bits per heavy atom. The lowest BCUT2D eigenvalue weighted by Gasteiger charge is -2.17. The molecule has 1 unspecified atom stereocenters. The summed E-state index contributed by atoms with van der Waals surface area (Å²) in [6.07, 6.45) is 2.86. The quantitative estimate of drug-likeness (QED) is 0.674. The normalized spacial score (nSPS) is 18.1. The van der Waals surface area contributed by atoms with Crippen LogP contribution in [0.4, 0.5) is 0 Å². The molecule has 0 radical (unpaired) electrons. The summed E-state index contributed by atoms with van der Waals surface area (Å²) in [6, 6.07) is 13.5. The molecule has 0 aliphatic carbocycles. The Kier molecular flexibility index (Phi) is 4.32. The van der Waals surface area contributed by atoms with Gasteiger partial charge in [0.2, 0.25) is 0 Å². The Bertz CT molecular complexity index is 968. The van der Waals surface area contributed by atoms with E-state index in [1.165, 1.54) is 0 Å². The highest BCUT2D eigenvalue weighted by molar-refractivity contribution is 6.30. The molecule has 0 N–H and O–H groups in total. The van der Waals surface area contributed by atoms with Crippen LogP contribution in [-0.2, 0) is 6.54 Å². The van der Waals surface area contributed by atoms with E-state index in [0.29, 0.717) is 23.2 Å². The third-order valence-corrected chi connectivity index (χ3v) is 5.17. The highest BCUT2D eigenvalue weighted by Crippen LogP contribution is 2.24. The second-order valence-corrected chi connectivity index (χ2v) is 7.21. The Morgan fingerprint density at radius 2 is 2.04 bits per heavy atom. The summed E-state index contributed by atoms with van der Waals surface area (Å²) < 4.78 is 1.88. The number of likely N-dealkylation sites (tertiary alicyclic amines) is 1. The van der Waals surface area contributed by atoms with E-state index >= 15 is 0 Å². The number of aromatic nitrogens is 2. The van der Waals surface area contributed by atoms with Gasteiger partial charge in [0.1, 0.15) is 5.15 Å². The summed E-state index contributed by atoms with van der Waals surface area (Å²) >= 11 is 6.10. The fourth-order valence-electron chi connectivity index (χ4n) is 3.69. The van der Waals surface area contributed by atoms with E-state index < -0.39 is 0 Å². The lowest BCUT2D eigenvalue weighted by atomic mass is 10.0. The molecule has 1 aromatic carbocycles. The van der Waals surface area contributed by atoms with Gasteiger partial charge in [0.25, 0.3) is 5.56 Å². The van der Waals surface area contributed by atoms with Crippen LogP contribution in [0.3, 0.4) is 0 Å². The highest BCUT2D eigenvalue weighted by Gasteiger charge is 2.22. The van der Waals surface area contributed by atoms with Crippen molar-refractivity contribution >= 4 is 22.5 Å². The number of fused-ring (bicyclic) bond motifs is 1. The summed E-state index contributed by atoms with van der Waals surface area (Å²) in [7, 11) is 2.13. The van der Waals surface area contributed by atoms with Crippen LogP contribution >= 0.6 is 11.6 Å². The lowest BCUT2D eigenvalue weighted by molar-refractivity contribution is 0.378. The molecule has 3 aromatic rings. The third kappa shape index (κ3) is 3.20. The molecule has 1 saturated heterocycles. The minimum atomic E-state index is 0.0375. The van der Waals surface area contributed by atoms with Crippen LogP contribution in [0.5, 0.6) is 0 Å². The van der Waals surface area contributed by atoms with E-state index in [2.05, 4.69) is 16.9 Å². The molecule has 1 atom stereocenters. The monoisotopic (exact) mass is 353 g/mol. The van der Waals surface area contributed by atoms with Crippen molar-refractivity contribution in [2.75, 3.05) is 20.1 Å². The van der Waals surface area contributed by atoms with Gasteiger partial charge in [-0.3, -0.25) is 4.79 Å². The number of rotatable bonds is 3. The molecule has 2 aromatic heterocycles. The molecule has 128 valence electrons. The van der Waals surface area contributed by atoms with Crippen LogP contribution in [0.1, 0.15) is 6.42 Å². The second-order valence-electron chi connectivity index (χ2n) is 6.82. The van der Waals surface area contributed by atoms with Gasteiger partial charge in [-0.2, -0.15) is 0 Å². The van der Waals surface area contributed by atoms with E-state index in [1.54, 1.807) is 12.3 Å². The zero-order chi connectivity index (χ0) is 17.4. The summed E-state index contributed by atoms with van der Waals surface area (Å²) in [6.45, 7) is 2.81. The minimum Gasteiger partial charge on any atom is -0.307 e. The summed E-state index contributed by atoms with van der Waals surface area (Å²) in [4.78, 5) is 19.8. The molecule has 4 nitrogen and oxygen atoms in total. The number of hydrogen-bond acceptors (Lipinski definition) is 3. The third-order valence-electron chi connectivity index (χ3n) is 4.96. The van der Waals surface area contributed by atoms with Crippen molar-refractivity contribution in [3.8, 4) is 11.1 Å². The molecule has 0 saturated carbocycles. The van der Waals surface area contributed by atoms with Crippen LogP contribution in [0.25, 0.3) is 22.0 Å². The Hall–Kier alpha value is -2.17.